The van der Waals surface area contributed by atoms with Gasteiger partial charge in [0.05, 0.1) is 13.2 Å². The van der Waals surface area contributed by atoms with Crippen LogP contribution in [0.1, 0.15) is 33.1 Å². The lowest BCUT2D eigenvalue weighted by Crippen LogP contribution is -2.39. The van der Waals surface area contributed by atoms with Crippen LogP contribution in [0.25, 0.3) is 0 Å². The first-order valence-corrected chi connectivity index (χ1v) is 6.57. The summed E-state index contributed by atoms with van der Waals surface area (Å²) < 4.78 is 5.07. The van der Waals surface area contributed by atoms with Gasteiger partial charge in [-0.2, -0.15) is 5.06 Å². The minimum Gasteiger partial charge on any atom is -0.387 e. The van der Waals surface area contributed by atoms with Gasteiger partial charge in [0.15, 0.2) is 0 Å². The third-order valence-corrected chi connectivity index (χ3v) is 2.90. The third-order valence-electron chi connectivity index (χ3n) is 2.90. The molecule has 0 unspecified atom stereocenters. The van der Waals surface area contributed by atoms with Crippen LogP contribution in [0.4, 0.5) is 0 Å². The lowest BCUT2D eigenvalue weighted by molar-refractivity contribution is -0.163. The van der Waals surface area contributed by atoms with Crippen LogP contribution in [0.15, 0.2) is 11.8 Å². The summed E-state index contributed by atoms with van der Waals surface area (Å²) in [7, 11) is 1.72. The van der Waals surface area contributed by atoms with Crippen molar-refractivity contribution >= 4 is 0 Å². The zero-order chi connectivity index (χ0) is 12.5. The van der Waals surface area contributed by atoms with Gasteiger partial charge in [-0.25, -0.2) is 0 Å². The normalized spacial score (nSPS) is 16.8. The maximum Gasteiger partial charge on any atom is 0.0656 e. The van der Waals surface area contributed by atoms with Crippen LogP contribution >= 0.6 is 0 Å². The molecule has 0 aromatic heterocycles. The van der Waals surface area contributed by atoms with Gasteiger partial charge < -0.3 is 10.1 Å². The van der Waals surface area contributed by atoms with Crippen molar-refractivity contribution in [2.75, 3.05) is 33.4 Å². The van der Waals surface area contributed by atoms with Gasteiger partial charge in [-0.05, 0) is 39.3 Å². The van der Waals surface area contributed by atoms with Crippen molar-refractivity contribution < 1.29 is 9.57 Å². The Bertz CT molecular complexity index is 225. The van der Waals surface area contributed by atoms with Crippen LogP contribution in [-0.4, -0.2) is 44.5 Å². The Kier molecular flexibility index (Phi) is 7.24. The van der Waals surface area contributed by atoms with E-state index < -0.39 is 0 Å². The van der Waals surface area contributed by atoms with Crippen molar-refractivity contribution in [2.45, 2.75) is 39.2 Å². The fourth-order valence-corrected chi connectivity index (χ4v) is 1.73. The number of nitrogens with zero attached hydrogens (tertiary/aromatic N) is 1. The van der Waals surface area contributed by atoms with Gasteiger partial charge >= 0.3 is 0 Å². The fourth-order valence-electron chi connectivity index (χ4n) is 1.73. The number of allylic oxidation sites excluding steroid dienone is 1. The lowest BCUT2D eigenvalue weighted by Gasteiger charge is -2.25. The van der Waals surface area contributed by atoms with E-state index in [0.717, 1.165) is 13.1 Å². The van der Waals surface area contributed by atoms with E-state index >= 15 is 0 Å². The van der Waals surface area contributed by atoms with E-state index in [4.69, 9.17) is 9.57 Å². The smallest absolute Gasteiger partial charge is 0.0656 e. The highest BCUT2D eigenvalue weighted by Gasteiger charge is 2.11. The summed E-state index contributed by atoms with van der Waals surface area (Å²) in [6, 6.07) is 0.395. The van der Waals surface area contributed by atoms with E-state index in [1.165, 1.54) is 24.8 Å². The molecule has 1 aliphatic carbocycles. The number of hydrogen-bond donors (Lipinski definition) is 1. The zero-order valence-electron chi connectivity index (χ0n) is 11.4. The molecule has 0 heterocycles. The zero-order valence-corrected chi connectivity index (χ0v) is 11.4. The number of nitrogens with one attached hydrogen (secondary N) is 1. The topological polar surface area (TPSA) is 33.7 Å². The number of rotatable bonds is 9. The predicted molar refractivity (Wildman–Crippen MR) is 69.6 cm³/mol. The second-order valence-electron chi connectivity index (χ2n) is 4.52. The molecule has 4 heteroatoms. The van der Waals surface area contributed by atoms with E-state index in [9.17, 15) is 0 Å². The van der Waals surface area contributed by atoms with Crippen LogP contribution in [0.3, 0.4) is 0 Å². The maximum atomic E-state index is 5.55. The van der Waals surface area contributed by atoms with Crippen molar-refractivity contribution in [2.24, 2.45) is 0 Å². The van der Waals surface area contributed by atoms with E-state index in [1.54, 1.807) is 7.11 Å². The van der Waals surface area contributed by atoms with Crippen LogP contribution in [-0.2, 0) is 9.57 Å². The first-order chi connectivity index (χ1) is 8.26. The fraction of sp³-hybridized carbons (Fsp3) is 0.846. The molecule has 0 aromatic rings. The highest BCUT2D eigenvalue weighted by atomic mass is 16.7. The summed E-state index contributed by atoms with van der Waals surface area (Å²) in [4.78, 5) is 5.55. The molecule has 1 rings (SSSR count). The second kappa shape index (κ2) is 8.50. The molecule has 1 saturated carbocycles. The van der Waals surface area contributed by atoms with E-state index in [1.807, 2.05) is 12.0 Å². The van der Waals surface area contributed by atoms with E-state index in [2.05, 4.69) is 18.4 Å². The van der Waals surface area contributed by atoms with E-state index in [0.29, 0.717) is 19.3 Å². The molecule has 0 radical (unpaired) electrons. The standard InChI is InChI=1S/C13H26N2O2/c1-4-17-15(8-9-16-3)11-12(2)14-10-13-6-5-7-13/h10,12,14H,4-9,11H2,1-3H3/t12-/m0/s1. The van der Waals surface area contributed by atoms with Gasteiger partial charge in [-0.15, -0.1) is 0 Å². The highest BCUT2D eigenvalue weighted by Crippen LogP contribution is 2.24. The third kappa shape index (κ3) is 6.05. The van der Waals surface area contributed by atoms with E-state index in [-0.39, 0.29) is 0 Å². The Morgan fingerprint density at radius 3 is 2.76 bits per heavy atom. The first kappa shape index (κ1) is 14.5. The Hall–Kier alpha value is -0.580. The molecule has 4 nitrogen and oxygen atoms in total. The molecule has 0 amide bonds. The van der Waals surface area contributed by atoms with Gasteiger partial charge in [0.2, 0.25) is 0 Å². The van der Waals surface area contributed by atoms with Gasteiger partial charge in [0, 0.05) is 26.2 Å². The van der Waals surface area contributed by atoms with Crippen LogP contribution in [0.5, 0.6) is 0 Å². The minimum atomic E-state index is 0.395. The molecule has 1 aliphatic rings. The van der Waals surface area contributed by atoms with Gasteiger partial charge in [-0.3, -0.25) is 4.84 Å². The van der Waals surface area contributed by atoms with Crippen molar-refractivity contribution in [3.63, 3.8) is 0 Å². The molecule has 17 heavy (non-hydrogen) atoms. The Labute approximate surface area is 105 Å². The molecule has 1 atom stereocenters. The molecule has 0 saturated heterocycles. The summed E-state index contributed by atoms with van der Waals surface area (Å²) in [5.41, 5.74) is 1.54. The number of hydrogen-bond acceptors (Lipinski definition) is 4. The van der Waals surface area contributed by atoms with Crippen LogP contribution < -0.4 is 5.32 Å². The number of ether oxygens (including phenoxy) is 1. The average Bonchev–Trinajstić information content (AvgIpc) is 2.24. The summed E-state index contributed by atoms with van der Waals surface area (Å²) >= 11 is 0. The number of methoxy groups -OCH3 is 1. The van der Waals surface area contributed by atoms with Gasteiger partial charge in [0.1, 0.15) is 0 Å². The van der Waals surface area contributed by atoms with Gasteiger partial charge in [0.25, 0.3) is 0 Å². The minimum absolute atomic E-state index is 0.395. The molecule has 0 aliphatic heterocycles. The molecule has 0 spiro atoms. The lowest BCUT2D eigenvalue weighted by atomic mass is 9.93. The highest BCUT2D eigenvalue weighted by molar-refractivity contribution is 5.08. The molecular weight excluding hydrogens is 216 g/mol. The van der Waals surface area contributed by atoms with Crippen molar-refractivity contribution in [3.05, 3.63) is 11.8 Å². The SMILES string of the molecule is CCON(CCOC)C[C@H](C)NC=C1CCC1. The van der Waals surface area contributed by atoms with Crippen LogP contribution in [0, 0.1) is 0 Å². The first-order valence-electron chi connectivity index (χ1n) is 6.57. The molecular formula is C13H26N2O2. The molecule has 1 N–H and O–H groups in total. The second-order valence-corrected chi connectivity index (χ2v) is 4.52. The largest absolute Gasteiger partial charge is 0.387 e. The summed E-state index contributed by atoms with van der Waals surface area (Å²) in [5, 5.41) is 5.40. The van der Waals surface area contributed by atoms with Crippen molar-refractivity contribution in [3.8, 4) is 0 Å². The monoisotopic (exact) mass is 242 g/mol. The number of hydroxylamine groups is 2. The predicted octanol–water partition coefficient (Wildman–Crippen LogP) is 1.93. The Morgan fingerprint density at radius 2 is 2.24 bits per heavy atom. The molecule has 0 aromatic carbocycles. The summed E-state index contributed by atoms with van der Waals surface area (Å²) in [6.45, 7) is 7.28. The summed E-state index contributed by atoms with van der Waals surface area (Å²) in [6.07, 6.45) is 6.05. The molecule has 0 bridgehead atoms. The average molecular weight is 242 g/mol. The van der Waals surface area contributed by atoms with Crippen molar-refractivity contribution in [1.29, 1.82) is 0 Å². The Morgan fingerprint density at radius 1 is 1.47 bits per heavy atom. The molecule has 100 valence electrons. The van der Waals surface area contributed by atoms with Crippen LogP contribution in [0.2, 0.25) is 0 Å². The van der Waals surface area contributed by atoms with Gasteiger partial charge in [-0.1, -0.05) is 5.57 Å². The van der Waals surface area contributed by atoms with Crippen molar-refractivity contribution in [1.82, 2.24) is 10.4 Å². The maximum absolute atomic E-state index is 5.55. The Balaban J connectivity index is 2.21. The quantitative estimate of drug-likeness (QED) is 0.626. The molecule has 1 fully saturated rings. The summed E-state index contributed by atoms with van der Waals surface area (Å²) in [5.74, 6) is 0.